The molecule has 0 spiro atoms. The van der Waals surface area contributed by atoms with Gasteiger partial charge in [-0.2, -0.15) is 0 Å². The highest BCUT2D eigenvalue weighted by Gasteiger charge is 2.11. The van der Waals surface area contributed by atoms with Crippen LogP contribution in [-0.4, -0.2) is 19.0 Å². The van der Waals surface area contributed by atoms with Gasteiger partial charge in [-0.05, 0) is 12.3 Å². The van der Waals surface area contributed by atoms with Crippen molar-refractivity contribution in [2.75, 3.05) is 13.2 Å². The molecule has 2 atom stereocenters. The minimum atomic E-state index is 0.433. The van der Waals surface area contributed by atoms with Crippen LogP contribution in [0.1, 0.15) is 27.7 Å². The summed E-state index contributed by atoms with van der Waals surface area (Å²) < 4.78 is 0. The van der Waals surface area contributed by atoms with Crippen LogP contribution in [0.15, 0.2) is 0 Å². The van der Waals surface area contributed by atoms with Crippen molar-refractivity contribution in [3.05, 3.63) is 0 Å². The highest BCUT2D eigenvalue weighted by Crippen LogP contribution is 2.14. The van der Waals surface area contributed by atoms with Gasteiger partial charge in [-0.15, -0.1) is 0 Å². The van der Waals surface area contributed by atoms with Gasteiger partial charge in [-0.3, -0.25) is 5.32 Å². The van der Waals surface area contributed by atoms with E-state index in [9.17, 15) is 0 Å². The van der Waals surface area contributed by atoms with Crippen LogP contribution in [-0.2, 0) is 0 Å². The van der Waals surface area contributed by atoms with Crippen LogP contribution in [0.25, 0.3) is 0 Å². The van der Waals surface area contributed by atoms with E-state index in [0.29, 0.717) is 14.0 Å². The molecule has 0 aliphatic carbocycles. The summed E-state index contributed by atoms with van der Waals surface area (Å²) >= 11 is 0. The predicted molar refractivity (Wildman–Crippen MR) is 52.6 cm³/mol. The molecule has 0 bridgehead atoms. The van der Waals surface area contributed by atoms with E-state index in [-0.39, 0.29) is 0 Å². The smallest absolute Gasteiger partial charge is 0.111 e. The Morgan fingerprint density at radius 3 is 2.20 bits per heavy atom. The molecule has 0 aliphatic heterocycles. The van der Waals surface area contributed by atoms with Gasteiger partial charge in [-0.1, -0.05) is 20.8 Å². The molecule has 0 amide bonds. The summed E-state index contributed by atoms with van der Waals surface area (Å²) in [4.78, 5) is 0. The normalized spacial score (nSPS) is 16.5. The Balaban J connectivity index is 3.36. The second-order valence-electron chi connectivity index (χ2n) is 4.06. The van der Waals surface area contributed by atoms with Crippen LogP contribution < -0.4 is 5.32 Å². The second kappa shape index (κ2) is 4.31. The molecule has 2 unspecified atom stereocenters. The van der Waals surface area contributed by atoms with Gasteiger partial charge in [-0.25, -0.2) is 0 Å². The summed E-state index contributed by atoms with van der Waals surface area (Å²) in [5, 5.41) is 3.51. The van der Waals surface area contributed by atoms with Crippen LogP contribution in [0.3, 0.4) is 0 Å². The Hall–Kier alpha value is 0.390. The molecule has 0 aromatic heterocycles. The van der Waals surface area contributed by atoms with Gasteiger partial charge in [0.05, 0.1) is 0 Å². The van der Waals surface area contributed by atoms with Gasteiger partial charge in [0.15, 0.2) is 0 Å². The molecule has 62 valence electrons. The van der Waals surface area contributed by atoms with E-state index >= 15 is 0 Å². The first kappa shape index (κ1) is 10.4. The second-order valence-corrected chi connectivity index (χ2v) is 5.73. The number of hydrogen-bond acceptors (Lipinski definition) is 1. The fraction of sp³-hybridized carbons (Fsp3) is 1.00. The number of hydrogen-bond donors (Lipinski definition) is 1. The third-order valence-corrected chi connectivity index (χ3v) is 2.69. The largest absolute Gasteiger partial charge is 0.283 e. The topological polar surface area (TPSA) is 12.0 Å². The fourth-order valence-corrected chi connectivity index (χ4v) is 0.939. The van der Waals surface area contributed by atoms with Crippen molar-refractivity contribution in [3.8, 4) is 0 Å². The van der Waals surface area contributed by atoms with E-state index in [2.05, 4.69) is 39.7 Å². The molecule has 0 rings (SSSR count). The first-order valence-corrected chi connectivity index (χ1v) is 5.81. The van der Waals surface area contributed by atoms with Crippen LogP contribution in [0.5, 0.6) is 0 Å². The molecular formula is C8H21NP+. The monoisotopic (exact) mass is 162 g/mol. The first-order chi connectivity index (χ1) is 4.45. The quantitative estimate of drug-likeness (QED) is 0.626. The number of rotatable bonds is 3. The summed E-state index contributed by atoms with van der Waals surface area (Å²) in [6.45, 7) is 12.5. The summed E-state index contributed by atoms with van der Waals surface area (Å²) in [5.41, 5.74) is 0.433. The van der Waals surface area contributed by atoms with E-state index in [1.165, 1.54) is 0 Å². The minimum absolute atomic E-state index is 0.433. The predicted octanol–water partition coefficient (Wildman–Crippen LogP) is 2.01. The first-order valence-electron chi connectivity index (χ1n) is 3.98. The van der Waals surface area contributed by atoms with Crippen molar-refractivity contribution in [1.82, 2.24) is 5.32 Å². The Morgan fingerprint density at radius 1 is 1.40 bits per heavy atom. The van der Waals surface area contributed by atoms with Gasteiger partial charge in [0, 0.05) is 21.8 Å². The van der Waals surface area contributed by atoms with Crippen LogP contribution >= 0.6 is 8.58 Å². The Kier molecular flexibility index (Phi) is 4.47. The Bertz CT molecular complexity index is 85.7. The van der Waals surface area contributed by atoms with E-state index in [0.717, 1.165) is 12.3 Å². The standard InChI is InChI=1S/C8H20NP/c1-7(10-5)9-6-8(2,3)4/h7,9-10H,6H2,1-5H3/p+1. The van der Waals surface area contributed by atoms with Crippen molar-refractivity contribution < 1.29 is 0 Å². The number of nitrogens with one attached hydrogen (secondary N) is 1. The van der Waals surface area contributed by atoms with E-state index in [1.54, 1.807) is 0 Å². The van der Waals surface area contributed by atoms with Crippen molar-refractivity contribution in [2.24, 2.45) is 5.41 Å². The van der Waals surface area contributed by atoms with E-state index in [4.69, 9.17) is 0 Å². The van der Waals surface area contributed by atoms with Crippen molar-refractivity contribution in [3.63, 3.8) is 0 Å². The molecule has 10 heavy (non-hydrogen) atoms. The highest BCUT2D eigenvalue weighted by molar-refractivity contribution is 7.37. The fourth-order valence-electron chi connectivity index (χ4n) is 0.585. The zero-order valence-corrected chi connectivity index (χ0v) is 9.02. The zero-order chi connectivity index (χ0) is 8.20. The molecule has 0 aliphatic rings. The highest BCUT2D eigenvalue weighted by atomic mass is 31.1. The van der Waals surface area contributed by atoms with Gasteiger partial charge < -0.3 is 0 Å². The molecule has 0 fully saturated rings. The molecule has 0 aromatic rings. The van der Waals surface area contributed by atoms with Crippen LogP contribution in [0, 0.1) is 5.41 Å². The average Bonchev–Trinajstić information content (AvgIpc) is 1.81. The third kappa shape index (κ3) is 6.51. The molecule has 0 radical (unpaired) electrons. The maximum atomic E-state index is 3.51. The maximum Gasteiger partial charge on any atom is 0.111 e. The summed E-state index contributed by atoms with van der Waals surface area (Å²) in [7, 11) is 0.582. The summed E-state index contributed by atoms with van der Waals surface area (Å²) in [6.07, 6.45) is 0. The van der Waals surface area contributed by atoms with E-state index in [1.807, 2.05) is 0 Å². The maximum absolute atomic E-state index is 3.51. The Labute approximate surface area is 66.8 Å². The Morgan fingerprint density at radius 2 is 1.90 bits per heavy atom. The van der Waals surface area contributed by atoms with Crippen molar-refractivity contribution in [2.45, 2.75) is 33.5 Å². The van der Waals surface area contributed by atoms with Gasteiger partial charge in [0.1, 0.15) is 5.78 Å². The summed E-state index contributed by atoms with van der Waals surface area (Å²) in [6, 6.07) is 0. The van der Waals surface area contributed by atoms with Crippen molar-refractivity contribution >= 4 is 8.58 Å². The molecule has 0 saturated carbocycles. The van der Waals surface area contributed by atoms with Crippen molar-refractivity contribution in [1.29, 1.82) is 0 Å². The molecule has 1 nitrogen and oxygen atoms in total. The van der Waals surface area contributed by atoms with Crippen LogP contribution in [0.4, 0.5) is 0 Å². The van der Waals surface area contributed by atoms with Gasteiger partial charge in [0.2, 0.25) is 0 Å². The molecule has 2 heteroatoms. The molecule has 0 saturated heterocycles. The molecular weight excluding hydrogens is 141 g/mol. The molecule has 1 N–H and O–H groups in total. The lowest BCUT2D eigenvalue weighted by atomic mass is 9.97. The SMILES string of the molecule is C[PH2+]C(C)NCC(C)(C)C. The lowest BCUT2D eigenvalue weighted by molar-refractivity contribution is 0.379. The molecule has 0 heterocycles. The average molecular weight is 162 g/mol. The lowest BCUT2D eigenvalue weighted by Gasteiger charge is -2.19. The third-order valence-electron chi connectivity index (χ3n) is 1.45. The van der Waals surface area contributed by atoms with Gasteiger partial charge >= 0.3 is 0 Å². The van der Waals surface area contributed by atoms with Crippen LogP contribution in [0.2, 0.25) is 0 Å². The van der Waals surface area contributed by atoms with Gasteiger partial charge in [0.25, 0.3) is 0 Å². The van der Waals surface area contributed by atoms with E-state index < -0.39 is 0 Å². The summed E-state index contributed by atoms with van der Waals surface area (Å²) in [5.74, 6) is 0.749. The molecule has 0 aromatic carbocycles. The minimum Gasteiger partial charge on any atom is -0.283 e. The zero-order valence-electron chi connectivity index (χ0n) is 7.86. The lowest BCUT2D eigenvalue weighted by Crippen LogP contribution is -2.31.